The van der Waals surface area contributed by atoms with Crippen molar-refractivity contribution in [2.24, 2.45) is 0 Å². The van der Waals surface area contributed by atoms with E-state index in [4.69, 9.17) is 25.5 Å². The van der Waals surface area contributed by atoms with Gasteiger partial charge < -0.3 is 19.2 Å². The molecule has 0 saturated carbocycles. The highest BCUT2D eigenvalue weighted by Crippen LogP contribution is 2.20. The number of amides is 1. The number of aryl methyl sites for hydroxylation is 2. The molecule has 1 amide bonds. The lowest BCUT2D eigenvalue weighted by Crippen LogP contribution is -2.25. The Hall–Kier alpha value is -2.93. The number of carbonyl (C=O) groups excluding carboxylic acids is 1. The maximum Gasteiger partial charge on any atom is 0.286 e. The summed E-state index contributed by atoms with van der Waals surface area (Å²) < 4.78 is 18.5. The number of carbonyl (C=O) groups is 1. The zero-order valence-electron chi connectivity index (χ0n) is 17.4. The maximum atomic E-state index is 12.3. The monoisotopic (exact) mass is 431 g/mol. The predicted octanol–water partition coefficient (Wildman–Crippen LogP) is 4.54. The lowest BCUT2D eigenvalue weighted by Gasteiger charge is -2.07. The molecule has 0 unspecified atom stereocenters. The van der Waals surface area contributed by atoms with Crippen molar-refractivity contribution in [2.45, 2.75) is 40.3 Å². The summed E-state index contributed by atoms with van der Waals surface area (Å²) in [6.07, 6.45) is 0.735. The molecule has 0 radical (unpaired) electrons. The molecule has 0 spiro atoms. The summed E-state index contributed by atoms with van der Waals surface area (Å²) in [5, 5.41) is 7.92. The second kappa shape index (κ2) is 10.2. The Balaban J connectivity index is 1.42. The number of halogens is 1. The number of ether oxygens (including phenoxy) is 2. The summed E-state index contributed by atoms with van der Waals surface area (Å²) in [5.74, 6) is 2.07. The topological polar surface area (TPSA) is 78.5 Å². The van der Waals surface area contributed by atoms with Crippen LogP contribution in [0.4, 0.5) is 0 Å². The van der Waals surface area contributed by atoms with Crippen molar-refractivity contribution in [1.29, 1.82) is 0 Å². The van der Waals surface area contributed by atoms with E-state index in [2.05, 4.69) is 10.4 Å². The van der Waals surface area contributed by atoms with Crippen LogP contribution in [0.1, 0.15) is 41.0 Å². The molecule has 2 heterocycles. The molecular formula is C22H26ClN3O4. The van der Waals surface area contributed by atoms with Crippen molar-refractivity contribution in [3.63, 3.8) is 0 Å². The first-order valence-electron chi connectivity index (χ1n) is 9.90. The van der Waals surface area contributed by atoms with Crippen LogP contribution in [-0.2, 0) is 13.2 Å². The normalized spacial score (nSPS) is 10.8. The van der Waals surface area contributed by atoms with Crippen molar-refractivity contribution in [1.82, 2.24) is 15.1 Å². The van der Waals surface area contributed by atoms with Gasteiger partial charge in [0.05, 0.1) is 23.0 Å². The summed E-state index contributed by atoms with van der Waals surface area (Å²) >= 11 is 6.15. The van der Waals surface area contributed by atoms with E-state index in [1.54, 1.807) is 12.1 Å². The fourth-order valence-corrected chi connectivity index (χ4v) is 3.08. The Morgan fingerprint density at radius 2 is 1.83 bits per heavy atom. The van der Waals surface area contributed by atoms with Crippen molar-refractivity contribution >= 4 is 17.5 Å². The summed E-state index contributed by atoms with van der Waals surface area (Å²) in [7, 11) is 0. The van der Waals surface area contributed by atoms with Crippen LogP contribution < -0.4 is 14.8 Å². The van der Waals surface area contributed by atoms with Gasteiger partial charge in [-0.3, -0.25) is 9.48 Å². The van der Waals surface area contributed by atoms with E-state index in [0.29, 0.717) is 36.2 Å². The SMILES string of the molecule is CCOc1ccc(OCc2ccc(C(=O)NCCCn3nc(C)c(Cl)c3C)o2)cc1. The molecule has 3 rings (SSSR count). The minimum absolute atomic E-state index is 0.236. The highest BCUT2D eigenvalue weighted by molar-refractivity contribution is 6.31. The van der Waals surface area contributed by atoms with Gasteiger partial charge in [0.25, 0.3) is 5.91 Å². The van der Waals surface area contributed by atoms with Gasteiger partial charge in [-0.25, -0.2) is 0 Å². The quantitative estimate of drug-likeness (QED) is 0.476. The van der Waals surface area contributed by atoms with Crippen molar-refractivity contribution in [3.8, 4) is 11.5 Å². The predicted molar refractivity (Wildman–Crippen MR) is 114 cm³/mol. The Kier molecular flexibility index (Phi) is 7.41. The third-order valence-corrected chi connectivity index (χ3v) is 5.07. The van der Waals surface area contributed by atoms with Crippen LogP contribution in [0, 0.1) is 13.8 Å². The van der Waals surface area contributed by atoms with Crippen molar-refractivity contribution in [3.05, 3.63) is 64.3 Å². The second-order valence-electron chi connectivity index (χ2n) is 6.78. The first-order valence-corrected chi connectivity index (χ1v) is 10.3. The third-order valence-electron chi connectivity index (χ3n) is 4.53. The van der Waals surface area contributed by atoms with E-state index in [-0.39, 0.29) is 18.3 Å². The molecule has 0 aliphatic heterocycles. The van der Waals surface area contributed by atoms with Gasteiger partial charge in [0.2, 0.25) is 0 Å². The highest BCUT2D eigenvalue weighted by Gasteiger charge is 2.12. The maximum absolute atomic E-state index is 12.3. The third kappa shape index (κ3) is 5.57. The minimum atomic E-state index is -0.256. The van der Waals surface area contributed by atoms with Gasteiger partial charge in [-0.15, -0.1) is 0 Å². The molecule has 7 nitrogen and oxygen atoms in total. The van der Waals surface area contributed by atoms with Crippen LogP contribution in [0.3, 0.4) is 0 Å². The molecular weight excluding hydrogens is 406 g/mol. The highest BCUT2D eigenvalue weighted by atomic mass is 35.5. The summed E-state index contributed by atoms with van der Waals surface area (Å²) in [5.41, 5.74) is 1.75. The zero-order chi connectivity index (χ0) is 21.5. The van der Waals surface area contributed by atoms with Crippen LogP contribution in [0.2, 0.25) is 5.02 Å². The van der Waals surface area contributed by atoms with Crippen LogP contribution >= 0.6 is 11.6 Å². The molecule has 160 valence electrons. The molecule has 0 atom stereocenters. The van der Waals surface area contributed by atoms with E-state index in [9.17, 15) is 4.79 Å². The number of benzene rings is 1. The number of nitrogens with one attached hydrogen (secondary N) is 1. The molecule has 0 aliphatic carbocycles. The number of rotatable bonds is 10. The average molecular weight is 432 g/mol. The average Bonchev–Trinajstić information content (AvgIpc) is 3.32. The van der Waals surface area contributed by atoms with E-state index in [1.165, 1.54) is 0 Å². The Morgan fingerprint density at radius 3 is 2.47 bits per heavy atom. The fourth-order valence-electron chi connectivity index (χ4n) is 2.94. The molecule has 0 bridgehead atoms. The zero-order valence-corrected chi connectivity index (χ0v) is 18.2. The van der Waals surface area contributed by atoms with Crippen LogP contribution in [0.25, 0.3) is 0 Å². The van der Waals surface area contributed by atoms with Gasteiger partial charge in [0.1, 0.15) is 23.9 Å². The standard InChI is InChI=1S/C22H26ClN3O4/c1-4-28-17-6-8-18(9-7-17)29-14-19-10-11-20(30-19)22(27)24-12-5-13-26-16(3)21(23)15(2)25-26/h6-11H,4-5,12-14H2,1-3H3,(H,24,27). The summed E-state index contributed by atoms with van der Waals surface area (Å²) in [6.45, 7) is 7.79. The van der Waals surface area contributed by atoms with Gasteiger partial charge in [0, 0.05) is 13.1 Å². The van der Waals surface area contributed by atoms with Crippen molar-refractivity contribution in [2.75, 3.05) is 13.2 Å². The Labute approximate surface area is 180 Å². The molecule has 3 aromatic rings. The number of hydrogen-bond donors (Lipinski definition) is 1. The summed E-state index contributed by atoms with van der Waals surface area (Å²) in [6, 6.07) is 10.7. The van der Waals surface area contributed by atoms with Crippen LogP contribution in [0.5, 0.6) is 11.5 Å². The molecule has 8 heteroatoms. The molecule has 0 fully saturated rings. The number of aromatic nitrogens is 2. The lowest BCUT2D eigenvalue weighted by molar-refractivity contribution is 0.0920. The van der Waals surface area contributed by atoms with Crippen LogP contribution in [-0.4, -0.2) is 28.8 Å². The number of nitrogens with zero attached hydrogens (tertiary/aromatic N) is 2. The van der Waals surface area contributed by atoms with Gasteiger partial charge in [-0.05, 0) is 63.6 Å². The lowest BCUT2D eigenvalue weighted by atomic mass is 10.3. The smallest absolute Gasteiger partial charge is 0.286 e. The Bertz CT molecular complexity index is 979. The minimum Gasteiger partial charge on any atom is -0.494 e. The number of hydrogen-bond acceptors (Lipinski definition) is 5. The van der Waals surface area contributed by atoms with Crippen LogP contribution in [0.15, 0.2) is 40.8 Å². The van der Waals surface area contributed by atoms with Gasteiger partial charge in [-0.2, -0.15) is 5.10 Å². The molecule has 0 saturated heterocycles. The summed E-state index contributed by atoms with van der Waals surface area (Å²) in [4.78, 5) is 12.3. The number of furan rings is 1. The second-order valence-corrected chi connectivity index (χ2v) is 7.15. The molecule has 2 aromatic heterocycles. The fraction of sp³-hybridized carbons (Fsp3) is 0.364. The largest absolute Gasteiger partial charge is 0.494 e. The van der Waals surface area contributed by atoms with Gasteiger partial charge >= 0.3 is 0 Å². The molecule has 0 aliphatic rings. The van der Waals surface area contributed by atoms with E-state index >= 15 is 0 Å². The Morgan fingerprint density at radius 1 is 1.13 bits per heavy atom. The van der Waals surface area contributed by atoms with Crippen molar-refractivity contribution < 1.29 is 18.7 Å². The first-order chi connectivity index (χ1) is 14.5. The van der Waals surface area contributed by atoms with E-state index in [1.807, 2.05) is 49.7 Å². The molecule has 1 aromatic carbocycles. The molecule has 1 N–H and O–H groups in total. The molecule has 30 heavy (non-hydrogen) atoms. The van der Waals surface area contributed by atoms with Gasteiger partial charge in [-0.1, -0.05) is 11.6 Å². The van der Waals surface area contributed by atoms with Gasteiger partial charge in [0.15, 0.2) is 5.76 Å². The first kappa shape index (κ1) is 21.8. The van der Waals surface area contributed by atoms with E-state index < -0.39 is 0 Å². The van der Waals surface area contributed by atoms with E-state index in [0.717, 1.165) is 23.6 Å².